The van der Waals surface area contributed by atoms with Crippen LogP contribution in [0.2, 0.25) is 0 Å². The fourth-order valence-corrected chi connectivity index (χ4v) is 1.77. The summed E-state index contributed by atoms with van der Waals surface area (Å²) in [7, 11) is 0. The van der Waals surface area contributed by atoms with E-state index < -0.39 is 0 Å². The van der Waals surface area contributed by atoms with Crippen molar-refractivity contribution in [1.29, 1.82) is 0 Å². The van der Waals surface area contributed by atoms with Crippen molar-refractivity contribution in [3.05, 3.63) is 29.2 Å². The molecule has 1 nitrogen and oxygen atoms in total. The molecule has 0 fully saturated rings. The van der Waals surface area contributed by atoms with Gasteiger partial charge in [-0.1, -0.05) is 6.08 Å². The maximum atomic E-state index is 3.65. The Hall–Kier alpha value is -0.760. The summed E-state index contributed by atoms with van der Waals surface area (Å²) in [6.07, 6.45) is 1.87. The third kappa shape index (κ3) is 2.09. The summed E-state index contributed by atoms with van der Waals surface area (Å²) in [5, 5.41) is 4.49. The summed E-state index contributed by atoms with van der Waals surface area (Å²) < 4.78 is 0. The van der Waals surface area contributed by atoms with Crippen LogP contribution in [0.3, 0.4) is 0 Å². The van der Waals surface area contributed by atoms with E-state index in [9.17, 15) is 0 Å². The third-order valence-electron chi connectivity index (χ3n) is 1.59. The minimum atomic E-state index is 0.847. The van der Waals surface area contributed by atoms with Gasteiger partial charge in [0.1, 0.15) is 0 Å². The Kier molecular flexibility index (Phi) is 2.71. The fraction of sp³-hybridized carbons (Fsp3) is 0.333. The Morgan fingerprint density at radius 3 is 2.82 bits per heavy atom. The molecular weight excluding hydrogens is 154 g/mol. The van der Waals surface area contributed by atoms with Crippen molar-refractivity contribution in [2.24, 2.45) is 0 Å². The van der Waals surface area contributed by atoms with Crippen molar-refractivity contribution in [2.45, 2.75) is 13.8 Å². The van der Waals surface area contributed by atoms with Gasteiger partial charge >= 0.3 is 0 Å². The van der Waals surface area contributed by atoms with Crippen molar-refractivity contribution >= 4 is 16.3 Å². The van der Waals surface area contributed by atoms with Gasteiger partial charge in [-0.15, -0.1) is 17.9 Å². The normalized spacial score (nSPS) is 9.64. The number of hydrogen-bond acceptors (Lipinski definition) is 2. The van der Waals surface area contributed by atoms with E-state index in [1.54, 1.807) is 11.3 Å². The lowest BCUT2D eigenvalue weighted by Gasteiger charge is -1.95. The molecule has 0 saturated heterocycles. The SMILES string of the molecule is C=CCNc1cc(C)c(C)s1. The Balaban J connectivity index is 2.64. The van der Waals surface area contributed by atoms with Crippen LogP contribution in [-0.4, -0.2) is 6.54 Å². The second-order valence-electron chi connectivity index (χ2n) is 2.52. The van der Waals surface area contributed by atoms with Crippen LogP contribution in [0.5, 0.6) is 0 Å². The molecule has 0 radical (unpaired) electrons. The van der Waals surface area contributed by atoms with Crippen LogP contribution in [0, 0.1) is 13.8 Å². The van der Waals surface area contributed by atoms with E-state index in [1.807, 2.05) is 6.08 Å². The first-order valence-electron chi connectivity index (χ1n) is 3.66. The molecule has 0 amide bonds. The van der Waals surface area contributed by atoms with Gasteiger partial charge in [0.2, 0.25) is 0 Å². The van der Waals surface area contributed by atoms with Crippen LogP contribution < -0.4 is 5.32 Å². The molecule has 0 bridgehead atoms. The lowest BCUT2D eigenvalue weighted by atomic mass is 10.3. The van der Waals surface area contributed by atoms with Crippen LogP contribution in [0.25, 0.3) is 0 Å². The Morgan fingerprint density at radius 1 is 1.64 bits per heavy atom. The largest absolute Gasteiger partial charge is 0.373 e. The molecule has 0 aliphatic rings. The maximum absolute atomic E-state index is 3.65. The summed E-state index contributed by atoms with van der Waals surface area (Å²) in [4.78, 5) is 1.39. The zero-order valence-electron chi connectivity index (χ0n) is 6.98. The van der Waals surface area contributed by atoms with Crippen molar-refractivity contribution in [3.63, 3.8) is 0 Å². The molecular formula is C9H13NS. The average molecular weight is 167 g/mol. The van der Waals surface area contributed by atoms with Gasteiger partial charge in [-0.05, 0) is 25.5 Å². The lowest BCUT2D eigenvalue weighted by Crippen LogP contribution is -1.93. The Morgan fingerprint density at radius 2 is 2.36 bits per heavy atom. The molecule has 1 aromatic heterocycles. The molecule has 0 aliphatic carbocycles. The number of hydrogen-bond donors (Lipinski definition) is 1. The topological polar surface area (TPSA) is 12.0 Å². The second-order valence-corrected chi connectivity index (χ2v) is 3.78. The smallest absolute Gasteiger partial charge is 0.0890 e. The third-order valence-corrected chi connectivity index (χ3v) is 2.70. The Labute approximate surface area is 71.8 Å². The highest BCUT2D eigenvalue weighted by molar-refractivity contribution is 7.16. The zero-order chi connectivity index (χ0) is 8.27. The van der Waals surface area contributed by atoms with Crippen molar-refractivity contribution < 1.29 is 0 Å². The van der Waals surface area contributed by atoms with Crippen molar-refractivity contribution in [2.75, 3.05) is 11.9 Å². The van der Waals surface area contributed by atoms with E-state index in [1.165, 1.54) is 15.4 Å². The summed E-state index contributed by atoms with van der Waals surface area (Å²) in [6.45, 7) is 8.76. The van der Waals surface area contributed by atoms with Crippen LogP contribution in [-0.2, 0) is 0 Å². The molecule has 0 atom stereocenters. The molecule has 0 unspecified atom stereocenters. The van der Waals surface area contributed by atoms with Crippen LogP contribution in [0.15, 0.2) is 18.7 Å². The van der Waals surface area contributed by atoms with Crippen molar-refractivity contribution in [1.82, 2.24) is 0 Å². The number of aryl methyl sites for hydroxylation is 2. The van der Waals surface area contributed by atoms with Gasteiger partial charge in [0.15, 0.2) is 0 Å². The number of nitrogens with one attached hydrogen (secondary N) is 1. The second kappa shape index (κ2) is 3.58. The molecule has 0 saturated carbocycles. The molecule has 0 aliphatic heterocycles. The summed E-state index contributed by atoms with van der Waals surface area (Å²) in [5.41, 5.74) is 1.36. The first-order chi connectivity index (χ1) is 5.24. The van der Waals surface area contributed by atoms with Crippen LogP contribution in [0.1, 0.15) is 10.4 Å². The van der Waals surface area contributed by atoms with Gasteiger partial charge in [0.25, 0.3) is 0 Å². The number of rotatable bonds is 3. The quantitative estimate of drug-likeness (QED) is 0.682. The zero-order valence-corrected chi connectivity index (χ0v) is 7.79. The molecule has 60 valence electrons. The predicted octanol–water partition coefficient (Wildman–Crippen LogP) is 2.96. The molecule has 2 heteroatoms. The van der Waals surface area contributed by atoms with E-state index in [0.717, 1.165) is 6.54 Å². The average Bonchev–Trinajstić information content (AvgIpc) is 2.28. The first-order valence-corrected chi connectivity index (χ1v) is 4.47. The monoisotopic (exact) mass is 167 g/mol. The van der Waals surface area contributed by atoms with E-state index in [-0.39, 0.29) is 0 Å². The minimum absolute atomic E-state index is 0.847. The molecule has 1 rings (SSSR count). The van der Waals surface area contributed by atoms with E-state index in [2.05, 4.69) is 31.8 Å². The van der Waals surface area contributed by atoms with Gasteiger partial charge in [-0.3, -0.25) is 0 Å². The van der Waals surface area contributed by atoms with E-state index in [0.29, 0.717) is 0 Å². The maximum Gasteiger partial charge on any atom is 0.0890 e. The number of thiophene rings is 1. The van der Waals surface area contributed by atoms with Crippen LogP contribution >= 0.6 is 11.3 Å². The predicted molar refractivity (Wildman–Crippen MR) is 52.5 cm³/mol. The molecule has 1 aromatic rings. The van der Waals surface area contributed by atoms with E-state index in [4.69, 9.17) is 0 Å². The van der Waals surface area contributed by atoms with Gasteiger partial charge < -0.3 is 5.32 Å². The molecule has 0 aromatic carbocycles. The highest BCUT2D eigenvalue weighted by atomic mass is 32.1. The van der Waals surface area contributed by atoms with Gasteiger partial charge in [-0.2, -0.15) is 0 Å². The van der Waals surface area contributed by atoms with Gasteiger partial charge in [0, 0.05) is 11.4 Å². The van der Waals surface area contributed by atoms with Crippen molar-refractivity contribution in [3.8, 4) is 0 Å². The van der Waals surface area contributed by atoms with Gasteiger partial charge in [-0.25, -0.2) is 0 Å². The molecule has 1 N–H and O–H groups in total. The fourth-order valence-electron chi connectivity index (χ4n) is 0.833. The minimum Gasteiger partial charge on any atom is -0.373 e. The van der Waals surface area contributed by atoms with E-state index >= 15 is 0 Å². The summed E-state index contributed by atoms with van der Waals surface area (Å²) in [5.74, 6) is 0. The van der Waals surface area contributed by atoms with Crippen LogP contribution in [0.4, 0.5) is 5.00 Å². The Bertz CT molecular complexity index is 231. The van der Waals surface area contributed by atoms with Gasteiger partial charge in [0.05, 0.1) is 5.00 Å². The standard InChI is InChI=1S/C9H13NS/c1-4-5-10-9-6-7(2)8(3)11-9/h4,6,10H,1,5H2,2-3H3. The lowest BCUT2D eigenvalue weighted by molar-refractivity contribution is 1.36. The molecule has 11 heavy (non-hydrogen) atoms. The highest BCUT2D eigenvalue weighted by Gasteiger charge is 1.98. The summed E-state index contributed by atoms with van der Waals surface area (Å²) in [6, 6.07) is 2.17. The molecule has 1 heterocycles. The highest BCUT2D eigenvalue weighted by Crippen LogP contribution is 2.24. The summed E-state index contributed by atoms with van der Waals surface area (Å²) >= 11 is 1.80. The molecule has 0 spiro atoms. The first kappa shape index (κ1) is 8.34. The number of anilines is 1.